The normalized spacial score (nSPS) is 9.83. The number of benzene rings is 1. The van der Waals surface area contributed by atoms with E-state index in [1.54, 1.807) is 31.2 Å². The average Bonchev–Trinajstić information content (AvgIpc) is 2.34. The molecule has 18 heavy (non-hydrogen) atoms. The van der Waals surface area contributed by atoms with Crippen LogP contribution in [0.5, 0.6) is 11.8 Å². The molecule has 0 aliphatic heterocycles. The van der Waals surface area contributed by atoms with Crippen LogP contribution in [-0.4, -0.2) is 9.97 Å². The molecule has 0 aliphatic rings. The lowest BCUT2D eigenvalue weighted by molar-refractivity contribution is 0.437. The Bertz CT molecular complexity index is 631. The minimum atomic E-state index is 0.153. The van der Waals surface area contributed by atoms with E-state index in [-0.39, 0.29) is 11.7 Å². The van der Waals surface area contributed by atoms with Crippen molar-refractivity contribution in [2.24, 2.45) is 0 Å². The molecule has 0 amide bonds. The third-order valence-corrected chi connectivity index (χ3v) is 2.48. The molecule has 5 nitrogen and oxygen atoms in total. The summed E-state index contributed by atoms with van der Waals surface area (Å²) in [7, 11) is 0. The monoisotopic (exact) mass is 240 g/mol. The van der Waals surface area contributed by atoms with Crippen LogP contribution >= 0.6 is 0 Å². The third-order valence-electron chi connectivity index (χ3n) is 2.48. The predicted octanol–water partition coefficient (Wildman–Crippen LogP) is 2.34. The van der Waals surface area contributed by atoms with E-state index in [0.29, 0.717) is 17.1 Å². The zero-order chi connectivity index (χ0) is 13.1. The fraction of sp³-hybridized carbons (Fsp3) is 0.154. The van der Waals surface area contributed by atoms with Crippen molar-refractivity contribution in [1.82, 2.24) is 9.97 Å². The van der Waals surface area contributed by atoms with Gasteiger partial charge in [0.05, 0.1) is 0 Å². The molecule has 2 rings (SSSR count). The molecule has 90 valence electrons. The number of nitrogen functional groups attached to an aromatic ring is 1. The number of nitriles is 1. The summed E-state index contributed by atoms with van der Waals surface area (Å²) < 4.78 is 5.56. The van der Waals surface area contributed by atoms with Crippen molar-refractivity contribution in [2.75, 3.05) is 5.73 Å². The zero-order valence-electron chi connectivity index (χ0n) is 10.1. The molecule has 0 unspecified atom stereocenters. The van der Waals surface area contributed by atoms with Gasteiger partial charge in [0, 0.05) is 16.9 Å². The quantitative estimate of drug-likeness (QED) is 0.814. The van der Waals surface area contributed by atoms with Crippen molar-refractivity contribution >= 4 is 5.69 Å². The van der Waals surface area contributed by atoms with Gasteiger partial charge in [-0.25, -0.2) is 4.98 Å². The molecule has 2 N–H and O–H groups in total. The first-order valence-electron chi connectivity index (χ1n) is 5.39. The van der Waals surface area contributed by atoms with Crippen LogP contribution in [0.2, 0.25) is 0 Å². The van der Waals surface area contributed by atoms with Gasteiger partial charge < -0.3 is 10.5 Å². The van der Waals surface area contributed by atoms with Crippen molar-refractivity contribution in [3.05, 3.63) is 41.2 Å². The van der Waals surface area contributed by atoms with Crippen molar-refractivity contribution in [3.8, 4) is 17.8 Å². The van der Waals surface area contributed by atoms with Crippen LogP contribution < -0.4 is 10.5 Å². The summed E-state index contributed by atoms with van der Waals surface area (Å²) in [5.74, 6) is 0.587. The first-order chi connectivity index (χ1) is 8.60. The highest BCUT2D eigenvalue weighted by Crippen LogP contribution is 2.26. The van der Waals surface area contributed by atoms with Crippen LogP contribution in [0.4, 0.5) is 5.69 Å². The summed E-state index contributed by atoms with van der Waals surface area (Å²) in [6, 6.07) is 9.08. The lowest BCUT2D eigenvalue weighted by Gasteiger charge is -2.09. The number of aromatic nitrogens is 2. The summed E-state index contributed by atoms with van der Waals surface area (Å²) in [5, 5.41) is 8.84. The smallest absolute Gasteiger partial charge is 0.323 e. The van der Waals surface area contributed by atoms with E-state index in [1.807, 2.05) is 13.0 Å². The second-order valence-corrected chi connectivity index (χ2v) is 3.86. The number of ether oxygens (including phenoxy) is 1. The minimum Gasteiger partial charge on any atom is -0.424 e. The van der Waals surface area contributed by atoms with Gasteiger partial charge in [-0.3, -0.25) is 0 Å². The number of rotatable bonds is 2. The van der Waals surface area contributed by atoms with Crippen molar-refractivity contribution in [1.29, 1.82) is 5.26 Å². The Hall–Kier alpha value is -2.61. The molecule has 0 bridgehead atoms. The van der Waals surface area contributed by atoms with Crippen LogP contribution in [0.3, 0.4) is 0 Å². The van der Waals surface area contributed by atoms with E-state index in [9.17, 15) is 0 Å². The van der Waals surface area contributed by atoms with Gasteiger partial charge in [0.1, 0.15) is 17.5 Å². The standard InChI is InChI=1S/C13H12N4O/c1-8-6-10(7-14)17-13(16-8)18-12-5-3-4-11(15)9(12)2/h3-6H,15H2,1-2H3. The molecule has 5 heteroatoms. The zero-order valence-corrected chi connectivity index (χ0v) is 10.1. The molecule has 0 fully saturated rings. The van der Waals surface area contributed by atoms with Crippen molar-refractivity contribution in [2.45, 2.75) is 13.8 Å². The Morgan fingerprint density at radius 1 is 1.28 bits per heavy atom. The topological polar surface area (TPSA) is 84.8 Å². The second kappa shape index (κ2) is 4.72. The molecule has 0 aliphatic carbocycles. The van der Waals surface area contributed by atoms with Crippen LogP contribution in [0.15, 0.2) is 24.3 Å². The van der Waals surface area contributed by atoms with Crippen molar-refractivity contribution in [3.63, 3.8) is 0 Å². The maximum atomic E-state index is 8.84. The van der Waals surface area contributed by atoms with E-state index in [1.165, 1.54) is 0 Å². The first-order valence-corrected chi connectivity index (χ1v) is 5.39. The maximum Gasteiger partial charge on any atom is 0.323 e. The van der Waals surface area contributed by atoms with Crippen LogP contribution in [0, 0.1) is 25.2 Å². The lowest BCUT2D eigenvalue weighted by Crippen LogP contribution is -1.98. The van der Waals surface area contributed by atoms with Crippen LogP contribution in [0.25, 0.3) is 0 Å². The van der Waals surface area contributed by atoms with Crippen LogP contribution in [-0.2, 0) is 0 Å². The summed E-state index contributed by atoms with van der Waals surface area (Å²) in [6.07, 6.45) is 0. The van der Waals surface area contributed by atoms with Gasteiger partial charge in [0.2, 0.25) is 0 Å². The lowest BCUT2D eigenvalue weighted by atomic mass is 10.2. The molecule has 2 aromatic rings. The average molecular weight is 240 g/mol. The summed E-state index contributed by atoms with van der Waals surface area (Å²) in [4.78, 5) is 8.11. The Kier molecular flexibility index (Phi) is 3.11. The molecule has 1 aromatic carbocycles. The summed E-state index contributed by atoms with van der Waals surface area (Å²) in [5.41, 5.74) is 8.20. The molecule has 0 radical (unpaired) electrons. The predicted molar refractivity (Wildman–Crippen MR) is 67.1 cm³/mol. The van der Waals surface area contributed by atoms with Crippen LogP contribution in [0.1, 0.15) is 17.0 Å². The highest BCUT2D eigenvalue weighted by atomic mass is 16.5. The highest BCUT2D eigenvalue weighted by Gasteiger charge is 2.07. The number of nitrogens with two attached hydrogens (primary N) is 1. The Morgan fingerprint density at radius 2 is 2.06 bits per heavy atom. The number of aryl methyl sites for hydroxylation is 1. The molecule has 0 saturated carbocycles. The molecular weight excluding hydrogens is 228 g/mol. The fourth-order valence-corrected chi connectivity index (χ4v) is 1.48. The number of anilines is 1. The van der Waals surface area contributed by atoms with Gasteiger partial charge in [-0.1, -0.05) is 6.07 Å². The van der Waals surface area contributed by atoms with E-state index < -0.39 is 0 Å². The second-order valence-electron chi connectivity index (χ2n) is 3.86. The largest absolute Gasteiger partial charge is 0.424 e. The Morgan fingerprint density at radius 3 is 2.78 bits per heavy atom. The van der Waals surface area contributed by atoms with Gasteiger partial charge in [-0.05, 0) is 32.0 Å². The van der Waals surface area contributed by atoms with E-state index in [0.717, 1.165) is 5.56 Å². The number of hydrogen-bond acceptors (Lipinski definition) is 5. The highest BCUT2D eigenvalue weighted by molar-refractivity contribution is 5.53. The van der Waals surface area contributed by atoms with Gasteiger partial charge in [0.15, 0.2) is 0 Å². The summed E-state index contributed by atoms with van der Waals surface area (Å²) in [6.45, 7) is 3.63. The molecule has 0 saturated heterocycles. The number of hydrogen-bond donors (Lipinski definition) is 1. The third kappa shape index (κ3) is 2.38. The van der Waals surface area contributed by atoms with Gasteiger partial charge in [-0.15, -0.1) is 0 Å². The van der Waals surface area contributed by atoms with Gasteiger partial charge in [-0.2, -0.15) is 10.2 Å². The number of nitrogens with zero attached hydrogens (tertiary/aromatic N) is 3. The molecular formula is C13H12N4O. The SMILES string of the molecule is Cc1cc(C#N)nc(Oc2cccc(N)c2C)n1. The minimum absolute atomic E-state index is 0.153. The molecule has 0 atom stereocenters. The first kappa shape index (κ1) is 11.9. The van der Waals surface area contributed by atoms with Gasteiger partial charge in [0.25, 0.3) is 0 Å². The van der Waals surface area contributed by atoms with E-state index in [2.05, 4.69) is 9.97 Å². The molecule has 0 spiro atoms. The van der Waals surface area contributed by atoms with E-state index >= 15 is 0 Å². The molecule has 1 heterocycles. The Labute approximate surface area is 105 Å². The fourth-order valence-electron chi connectivity index (χ4n) is 1.48. The van der Waals surface area contributed by atoms with Gasteiger partial charge >= 0.3 is 6.01 Å². The van der Waals surface area contributed by atoms with E-state index in [4.69, 9.17) is 15.7 Å². The van der Waals surface area contributed by atoms with Crippen molar-refractivity contribution < 1.29 is 4.74 Å². The summed E-state index contributed by atoms with van der Waals surface area (Å²) >= 11 is 0. The maximum absolute atomic E-state index is 8.84. The molecule has 1 aromatic heterocycles. The Balaban J connectivity index is 2.37.